The Bertz CT molecular complexity index is 1280. The van der Waals surface area contributed by atoms with Gasteiger partial charge in [-0.3, -0.25) is 9.79 Å². The minimum absolute atomic E-state index is 0.000719. The van der Waals surface area contributed by atoms with E-state index in [1.54, 1.807) is 48.5 Å². The lowest BCUT2D eigenvalue weighted by Gasteiger charge is -2.14. The van der Waals surface area contributed by atoms with Gasteiger partial charge in [0.2, 0.25) is 5.88 Å². The number of nitrogens with zero attached hydrogens (tertiary/aromatic N) is 2. The van der Waals surface area contributed by atoms with Crippen molar-refractivity contribution in [1.29, 1.82) is 0 Å². The second-order valence-corrected chi connectivity index (χ2v) is 9.41. The normalized spacial score (nSPS) is 18.2. The minimum Gasteiger partial charge on any atom is -0.494 e. The molecule has 30 heavy (non-hydrogen) atoms. The van der Waals surface area contributed by atoms with Gasteiger partial charge in [-0.2, -0.15) is 0 Å². The molecule has 2 aromatic carbocycles. The molecule has 7 nitrogen and oxygen atoms in total. The van der Waals surface area contributed by atoms with E-state index < -0.39 is 9.84 Å². The van der Waals surface area contributed by atoms with E-state index in [4.69, 9.17) is 4.74 Å². The van der Waals surface area contributed by atoms with Gasteiger partial charge in [-0.15, -0.1) is 0 Å². The summed E-state index contributed by atoms with van der Waals surface area (Å²) in [5, 5.41) is 12.0. The fourth-order valence-electron chi connectivity index (χ4n) is 3.66. The molecule has 0 aliphatic carbocycles. The highest BCUT2D eigenvalue weighted by Crippen LogP contribution is 2.27. The Hall–Kier alpha value is -3.13. The van der Waals surface area contributed by atoms with E-state index in [0.29, 0.717) is 40.8 Å². The molecule has 0 saturated carbocycles. The molecule has 1 aliphatic heterocycles. The van der Waals surface area contributed by atoms with E-state index in [9.17, 15) is 18.3 Å². The lowest BCUT2D eigenvalue weighted by molar-refractivity contribution is 0.340. The number of pyridine rings is 1. The second-order valence-electron chi connectivity index (χ2n) is 7.19. The summed E-state index contributed by atoms with van der Waals surface area (Å²) in [6.45, 7) is 2.41. The Balaban J connectivity index is 1.85. The van der Waals surface area contributed by atoms with Gasteiger partial charge in [0.15, 0.2) is 9.84 Å². The van der Waals surface area contributed by atoms with E-state index in [2.05, 4.69) is 4.99 Å². The summed E-state index contributed by atoms with van der Waals surface area (Å²) < 4.78 is 30.1. The quantitative estimate of drug-likeness (QED) is 0.633. The molecule has 0 spiro atoms. The second kappa shape index (κ2) is 7.95. The number of aliphatic imine (C=N–C) groups is 1. The van der Waals surface area contributed by atoms with Crippen LogP contribution in [0, 0.1) is 0 Å². The molecule has 3 aromatic rings. The van der Waals surface area contributed by atoms with Crippen molar-refractivity contribution in [2.24, 2.45) is 4.99 Å². The van der Waals surface area contributed by atoms with E-state index in [1.807, 2.05) is 6.92 Å². The lowest BCUT2D eigenvalue weighted by atomic mass is 10.1. The van der Waals surface area contributed by atoms with Crippen LogP contribution in [0.1, 0.15) is 18.9 Å². The summed E-state index contributed by atoms with van der Waals surface area (Å²) in [6, 6.07) is 13.5. The van der Waals surface area contributed by atoms with E-state index in [1.165, 1.54) is 10.8 Å². The third-order valence-electron chi connectivity index (χ3n) is 5.13. The van der Waals surface area contributed by atoms with Crippen molar-refractivity contribution >= 4 is 26.8 Å². The van der Waals surface area contributed by atoms with Gasteiger partial charge in [-0.25, -0.2) is 13.0 Å². The molecule has 1 N–H and O–H groups in total. The molecule has 1 atom stereocenters. The topological polar surface area (TPSA) is 98.0 Å². The highest BCUT2D eigenvalue weighted by molar-refractivity contribution is 7.91. The standard InChI is InChI=1S/C22H22N2O5S/c1-2-29-17-9-7-16(8-10-17)24-21(25)19-6-4-3-5-18(19)20(22(24)26)13-23-15-11-12-30(27,28)14-15/h3-10,13,15,26H,2,11-12,14H2,1H3. The number of hydrogen-bond acceptors (Lipinski definition) is 6. The number of hydrogen-bond donors (Lipinski definition) is 1. The Morgan fingerprint density at radius 3 is 2.50 bits per heavy atom. The molecule has 1 aliphatic rings. The highest BCUT2D eigenvalue weighted by atomic mass is 32.2. The Labute approximate surface area is 174 Å². The van der Waals surface area contributed by atoms with Crippen molar-refractivity contribution in [3.63, 3.8) is 0 Å². The maximum Gasteiger partial charge on any atom is 0.265 e. The Kier molecular flexibility index (Phi) is 5.34. The van der Waals surface area contributed by atoms with Crippen LogP contribution in [0.4, 0.5) is 0 Å². The fraction of sp³-hybridized carbons (Fsp3) is 0.273. The number of sulfone groups is 1. The van der Waals surface area contributed by atoms with Gasteiger partial charge in [0.25, 0.3) is 5.56 Å². The molecule has 8 heteroatoms. The summed E-state index contributed by atoms with van der Waals surface area (Å²) in [6.07, 6.45) is 1.93. The first-order valence-corrected chi connectivity index (χ1v) is 11.6. The first kappa shape index (κ1) is 20.2. The average molecular weight is 426 g/mol. The predicted molar refractivity (Wildman–Crippen MR) is 117 cm³/mol. The van der Waals surface area contributed by atoms with Crippen LogP contribution >= 0.6 is 0 Å². The van der Waals surface area contributed by atoms with E-state index >= 15 is 0 Å². The Morgan fingerprint density at radius 1 is 1.17 bits per heavy atom. The molecule has 0 bridgehead atoms. The molecule has 1 aromatic heterocycles. The summed E-state index contributed by atoms with van der Waals surface area (Å²) >= 11 is 0. The molecule has 0 radical (unpaired) electrons. The molecule has 4 rings (SSSR count). The first-order valence-electron chi connectivity index (χ1n) is 9.73. The molecule has 1 fully saturated rings. The number of aromatic nitrogens is 1. The van der Waals surface area contributed by atoms with Crippen LogP contribution in [0.25, 0.3) is 16.5 Å². The highest BCUT2D eigenvalue weighted by Gasteiger charge is 2.27. The predicted octanol–water partition coefficient (Wildman–Crippen LogP) is 2.70. The van der Waals surface area contributed by atoms with E-state index in [-0.39, 0.29) is 29.0 Å². The molecule has 1 saturated heterocycles. The average Bonchev–Trinajstić information content (AvgIpc) is 3.08. The van der Waals surface area contributed by atoms with Crippen LogP contribution in [0.5, 0.6) is 11.6 Å². The summed E-state index contributed by atoms with van der Waals surface area (Å²) in [7, 11) is -3.06. The zero-order chi connectivity index (χ0) is 21.3. The Morgan fingerprint density at radius 2 is 1.87 bits per heavy atom. The van der Waals surface area contributed by atoms with Gasteiger partial charge in [0, 0.05) is 17.0 Å². The van der Waals surface area contributed by atoms with Gasteiger partial charge in [-0.1, -0.05) is 18.2 Å². The van der Waals surface area contributed by atoms with Crippen molar-refractivity contribution in [1.82, 2.24) is 4.57 Å². The van der Waals surface area contributed by atoms with Crippen LogP contribution in [0.2, 0.25) is 0 Å². The number of rotatable bonds is 5. The van der Waals surface area contributed by atoms with Gasteiger partial charge >= 0.3 is 0 Å². The number of fused-ring (bicyclic) bond motifs is 1. The minimum atomic E-state index is -3.06. The monoisotopic (exact) mass is 426 g/mol. The van der Waals surface area contributed by atoms with Crippen LogP contribution < -0.4 is 10.3 Å². The maximum absolute atomic E-state index is 13.1. The number of aromatic hydroxyl groups is 1. The van der Waals surface area contributed by atoms with Crippen molar-refractivity contribution < 1.29 is 18.3 Å². The molecule has 2 heterocycles. The lowest BCUT2D eigenvalue weighted by Crippen LogP contribution is -2.20. The van der Waals surface area contributed by atoms with Crippen molar-refractivity contribution in [2.45, 2.75) is 19.4 Å². The largest absolute Gasteiger partial charge is 0.494 e. The zero-order valence-electron chi connectivity index (χ0n) is 16.5. The molecule has 156 valence electrons. The summed E-state index contributed by atoms with van der Waals surface area (Å²) in [4.78, 5) is 17.5. The third-order valence-corrected chi connectivity index (χ3v) is 6.88. The maximum atomic E-state index is 13.1. The molecule has 1 unspecified atom stereocenters. The van der Waals surface area contributed by atoms with Crippen LogP contribution in [0.15, 0.2) is 58.3 Å². The van der Waals surface area contributed by atoms with Gasteiger partial charge in [0.1, 0.15) is 5.75 Å². The molecular formula is C22H22N2O5S. The smallest absolute Gasteiger partial charge is 0.265 e. The molecule has 0 amide bonds. The first-order chi connectivity index (χ1) is 14.4. The SMILES string of the molecule is CCOc1ccc(-n2c(O)c(C=NC3CCS(=O)(=O)C3)c3ccccc3c2=O)cc1. The van der Waals surface area contributed by atoms with Crippen LogP contribution in [-0.4, -0.2) is 48.5 Å². The number of benzene rings is 2. The zero-order valence-corrected chi connectivity index (χ0v) is 17.3. The fourth-order valence-corrected chi connectivity index (χ4v) is 5.30. The van der Waals surface area contributed by atoms with Crippen LogP contribution in [0.3, 0.4) is 0 Å². The third kappa shape index (κ3) is 3.82. The van der Waals surface area contributed by atoms with Crippen LogP contribution in [-0.2, 0) is 9.84 Å². The number of ether oxygens (including phenoxy) is 1. The van der Waals surface area contributed by atoms with Gasteiger partial charge in [-0.05, 0) is 43.7 Å². The molecular weight excluding hydrogens is 404 g/mol. The summed E-state index contributed by atoms with van der Waals surface area (Å²) in [5.41, 5.74) is 0.515. The summed E-state index contributed by atoms with van der Waals surface area (Å²) in [5.74, 6) is 0.542. The van der Waals surface area contributed by atoms with Crippen molar-refractivity contribution in [2.75, 3.05) is 18.1 Å². The van der Waals surface area contributed by atoms with Gasteiger partial charge in [0.05, 0.1) is 35.4 Å². The van der Waals surface area contributed by atoms with Crippen molar-refractivity contribution in [3.05, 3.63) is 64.4 Å². The van der Waals surface area contributed by atoms with Crippen molar-refractivity contribution in [3.8, 4) is 17.3 Å². The van der Waals surface area contributed by atoms with E-state index in [0.717, 1.165) is 0 Å². The van der Waals surface area contributed by atoms with Gasteiger partial charge < -0.3 is 9.84 Å².